The molecule has 1 fully saturated rings. The van der Waals surface area contributed by atoms with E-state index in [1.54, 1.807) is 0 Å². The van der Waals surface area contributed by atoms with E-state index in [4.69, 9.17) is 5.11 Å². The number of nitrogens with zero attached hydrogens (tertiary/aromatic N) is 2. The number of carbonyl (C=O) groups is 1. The van der Waals surface area contributed by atoms with E-state index in [2.05, 4.69) is 20.5 Å². The first-order valence-electron chi connectivity index (χ1n) is 3.68. The summed E-state index contributed by atoms with van der Waals surface area (Å²) in [6, 6.07) is 0.433. The standard InChI is InChI=1S/C6H8N4O2/c11-5(12)4-8-6(10-9-4)7-3-1-2-3/h3H,1-2H2,(H,11,12)(H2,7,8,9,10). The van der Waals surface area contributed by atoms with Gasteiger partial charge in [0.15, 0.2) is 0 Å². The summed E-state index contributed by atoms with van der Waals surface area (Å²) >= 11 is 0. The Morgan fingerprint density at radius 3 is 2.92 bits per heavy atom. The van der Waals surface area contributed by atoms with E-state index < -0.39 is 5.97 Å². The quantitative estimate of drug-likeness (QED) is 0.594. The average molecular weight is 168 g/mol. The maximum atomic E-state index is 10.4. The summed E-state index contributed by atoms with van der Waals surface area (Å²) in [5.41, 5.74) is 0. The molecule has 0 spiro atoms. The minimum absolute atomic E-state index is 0.127. The van der Waals surface area contributed by atoms with Crippen molar-refractivity contribution in [1.82, 2.24) is 15.2 Å². The molecule has 1 aromatic heterocycles. The van der Waals surface area contributed by atoms with Crippen LogP contribution in [-0.4, -0.2) is 32.3 Å². The van der Waals surface area contributed by atoms with Gasteiger partial charge in [0.2, 0.25) is 11.8 Å². The maximum absolute atomic E-state index is 10.4. The molecule has 0 aliphatic heterocycles. The number of aromatic carboxylic acids is 1. The summed E-state index contributed by atoms with van der Waals surface area (Å²) in [5, 5.41) is 17.5. The van der Waals surface area contributed by atoms with Crippen molar-refractivity contribution < 1.29 is 9.90 Å². The van der Waals surface area contributed by atoms with Crippen molar-refractivity contribution in [3.8, 4) is 0 Å². The molecule has 0 saturated heterocycles. The van der Waals surface area contributed by atoms with Gasteiger partial charge in [0.25, 0.3) is 0 Å². The van der Waals surface area contributed by atoms with Crippen LogP contribution >= 0.6 is 0 Å². The van der Waals surface area contributed by atoms with Crippen LogP contribution in [0.5, 0.6) is 0 Å². The maximum Gasteiger partial charge on any atom is 0.373 e. The van der Waals surface area contributed by atoms with E-state index in [9.17, 15) is 4.79 Å². The predicted molar refractivity (Wildman–Crippen MR) is 40.0 cm³/mol. The smallest absolute Gasteiger partial charge is 0.373 e. The lowest BCUT2D eigenvalue weighted by atomic mass is 10.6. The molecule has 6 nitrogen and oxygen atoms in total. The topological polar surface area (TPSA) is 90.9 Å². The largest absolute Gasteiger partial charge is 0.475 e. The van der Waals surface area contributed by atoms with Crippen molar-refractivity contribution in [2.24, 2.45) is 0 Å². The summed E-state index contributed by atoms with van der Waals surface area (Å²) < 4.78 is 0. The Bertz CT molecular complexity index is 304. The minimum atomic E-state index is -1.09. The molecule has 0 amide bonds. The Kier molecular flexibility index (Phi) is 1.46. The molecular weight excluding hydrogens is 160 g/mol. The van der Waals surface area contributed by atoms with Crippen molar-refractivity contribution in [3.05, 3.63) is 5.82 Å². The van der Waals surface area contributed by atoms with Crippen LogP contribution in [-0.2, 0) is 0 Å². The molecule has 12 heavy (non-hydrogen) atoms. The first-order valence-corrected chi connectivity index (χ1v) is 3.68. The molecule has 0 radical (unpaired) electrons. The van der Waals surface area contributed by atoms with Gasteiger partial charge in [-0.2, -0.15) is 4.98 Å². The number of hydrogen-bond acceptors (Lipinski definition) is 4. The van der Waals surface area contributed by atoms with E-state index in [0.29, 0.717) is 12.0 Å². The molecule has 0 bridgehead atoms. The highest BCUT2D eigenvalue weighted by Crippen LogP contribution is 2.22. The van der Waals surface area contributed by atoms with Crippen molar-refractivity contribution in [3.63, 3.8) is 0 Å². The normalized spacial score (nSPS) is 16.0. The number of rotatable bonds is 3. The Labute approximate surface area is 68.0 Å². The second kappa shape index (κ2) is 2.47. The predicted octanol–water partition coefficient (Wildman–Crippen LogP) is 0.0772. The van der Waals surface area contributed by atoms with Gasteiger partial charge in [-0.15, -0.1) is 5.10 Å². The number of carboxylic acids is 1. The molecule has 1 heterocycles. The third-order valence-corrected chi connectivity index (χ3v) is 1.60. The summed E-state index contributed by atoms with van der Waals surface area (Å²) in [7, 11) is 0. The van der Waals surface area contributed by atoms with Gasteiger partial charge in [-0.1, -0.05) is 0 Å². The molecule has 0 atom stereocenters. The van der Waals surface area contributed by atoms with Gasteiger partial charge in [-0.3, -0.25) is 5.10 Å². The molecule has 1 aliphatic carbocycles. The van der Waals surface area contributed by atoms with E-state index in [1.165, 1.54) is 0 Å². The zero-order valence-electron chi connectivity index (χ0n) is 6.24. The SMILES string of the molecule is O=C(O)c1nc(NC2CC2)n[nH]1. The average Bonchev–Trinajstić information content (AvgIpc) is 2.66. The van der Waals surface area contributed by atoms with Crippen LogP contribution in [0, 0.1) is 0 Å². The van der Waals surface area contributed by atoms with E-state index in [0.717, 1.165) is 12.8 Å². The number of nitrogens with one attached hydrogen (secondary N) is 2. The van der Waals surface area contributed by atoms with Gasteiger partial charge < -0.3 is 10.4 Å². The van der Waals surface area contributed by atoms with Gasteiger partial charge in [-0.05, 0) is 12.8 Å². The molecule has 1 saturated carbocycles. The third-order valence-electron chi connectivity index (χ3n) is 1.60. The van der Waals surface area contributed by atoms with Gasteiger partial charge in [0.1, 0.15) is 0 Å². The van der Waals surface area contributed by atoms with Gasteiger partial charge in [0, 0.05) is 6.04 Å². The molecule has 1 aliphatic rings. The van der Waals surface area contributed by atoms with Gasteiger partial charge >= 0.3 is 5.97 Å². The Balaban J connectivity index is 2.06. The highest BCUT2D eigenvalue weighted by atomic mass is 16.4. The fraction of sp³-hybridized carbons (Fsp3) is 0.500. The van der Waals surface area contributed by atoms with Crippen LogP contribution < -0.4 is 5.32 Å². The molecule has 2 rings (SSSR count). The van der Waals surface area contributed by atoms with E-state index in [1.807, 2.05) is 0 Å². The molecule has 64 valence electrons. The van der Waals surface area contributed by atoms with E-state index >= 15 is 0 Å². The minimum Gasteiger partial charge on any atom is -0.475 e. The number of anilines is 1. The molecular formula is C6H8N4O2. The summed E-state index contributed by atoms with van der Waals surface area (Å²) in [6.45, 7) is 0. The lowest BCUT2D eigenvalue weighted by Gasteiger charge is -1.93. The van der Waals surface area contributed by atoms with Gasteiger partial charge in [0.05, 0.1) is 0 Å². The summed E-state index contributed by atoms with van der Waals surface area (Å²) in [5.74, 6) is -0.848. The first kappa shape index (κ1) is 7.08. The molecule has 0 unspecified atom stereocenters. The summed E-state index contributed by atoms with van der Waals surface area (Å²) in [6.07, 6.45) is 2.22. The molecule has 3 N–H and O–H groups in total. The highest BCUT2D eigenvalue weighted by molar-refractivity contribution is 5.83. The van der Waals surface area contributed by atoms with Crippen molar-refractivity contribution >= 4 is 11.9 Å². The van der Waals surface area contributed by atoms with Crippen molar-refractivity contribution in [2.75, 3.05) is 5.32 Å². The lowest BCUT2D eigenvalue weighted by Crippen LogP contribution is -2.03. The van der Waals surface area contributed by atoms with Crippen LogP contribution in [0.1, 0.15) is 23.5 Å². The number of H-pyrrole nitrogens is 1. The number of aromatic amines is 1. The first-order chi connectivity index (χ1) is 5.75. The van der Waals surface area contributed by atoms with Gasteiger partial charge in [-0.25, -0.2) is 4.79 Å². The Hall–Kier alpha value is -1.59. The van der Waals surface area contributed by atoms with Crippen LogP contribution in [0.2, 0.25) is 0 Å². The second-order valence-electron chi connectivity index (χ2n) is 2.73. The Morgan fingerprint density at radius 2 is 2.42 bits per heavy atom. The fourth-order valence-electron chi connectivity index (χ4n) is 0.832. The molecule has 0 aromatic carbocycles. The number of hydrogen-bond donors (Lipinski definition) is 3. The molecule has 6 heteroatoms. The van der Waals surface area contributed by atoms with Crippen LogP contribution in [0.3, 0.4) is 0 Å². The third kappa shape index (κ3) is 1.36. The monoisotopic (exact) mass is 168 g/mol. The lowest BCUT2D eigenvalue weighted by molar-refractivity contribution is 0.0684. The van der Waals surface area contributed by atoms with Crippen LogP contribution in [0.25, 0.3) is 0 Å². The van der Waals surface area contributed by atoms with Crippen molar-refractivity contribution in [1.29, 1.82) is 0 Å². The molecule has 1 aromatic rings. The van der Waals surface area contributed by atoms with Crippen LogP contribution in [0.4, 0.5) is 5.95 Å². The Morgan fingerprint density at radius 1 is 1.67 bits per heavy atom. The zero-order valence-corrected chi connectivity index (χ0v) is 6.24. The second-order valence-corrected chi connectivity index (χ2v) is 2.73. The highest BCUT2D eigenvalue weighted by Gasteiger charge is 2.22. The van der Waals surface area contributed by atoms with Crippen LogP contribution in [0.15, 0.2) is 0 Å². The fourth-order valence-corrected chi connectivity index (χ4v) is 0.832. The number of carboxylic acid groups (broad SMARTS) is 1. The summed E-state index contributed by atoms with van der Waals surface area (Å²) in [4.78, 5) is 14.1. The van der Waals surface area contributed by atoms with Crippen molar-refractivity contribution in [2.45, 2.75) is 18.9 Å². The van der Waals surface area contributed by atoms with E-state index in [-0.39, 0.29) is 5.82 Å². The zero-order chi connectivity index (χ0) is 8.55. The number of aromatic nitrogens is 3.